The number of fused-ring (bicyclic) bond motifs is 1. The molecule has 2 aliphatic rings. The molecule has 1 aromatic heterocycles. The summed E-state index contributed by atoms with van der Waals surface area (Å²) >= 11 is 0. The molecular weight excluding hydrogens is 320 g/mol. The van der Waals surface area contributed by atoms with Crippen LogP contribution in [0.3, 0.4) is 0 Å². The largest absolute Gasteiger partial charge is 0.497 e. The molecule has 6 nitrogen and oxygen atoms in total. The van der Waals surface area contributed by atoms with E-state index in [4.69, 9.17) is 14.2 Å². The number of hydrogen-bond donors (Lipinski definition) is 0. The van der Waals surface area contributed by atoms with Gasteiger partial charge < -0.3 is 23.7 Å². The maximum Gasteiger partial charge on any atom is 0.242 e. The van der Waals surface area contributed by atoms with Gasteiger partial charge in [-0.1, -0.05) is 0 Å². The molecule has 134 valence electrons. The van der Waals surface area contributed by atoms with Crippen molar-refractivity contribution in [3.05, 3.63) is 30.5 Å². The van der Waals surface area contributed by atoms with E-state index < -0.39 is 0 Å². The average molecular weight is 344 g/mol. The predicted molar refractivity (Wildman–Crippen MR) is 93.5 cm³/mol. The lowest BCUT2D eigenvalue weighted by Crippen LogP contribution is -2.42. The summed E-state index contributed by atoms with van der Waals surface area (Å²) in [5, 5.41) is 1.08. The van der Waals surface area contributed by atoms with Gasteiger partial charge >= 0.3 is 0 Å². The number of hydrogen-bond acceptors (Lipinski definition) is 4. The van der Waals surface area contributed by atoms with Gasteiger partial charge in [0.15, 0.2) is 6.29 Å². The van der Waals surface area contributed by atoms with Crippen LogP contribution >= 0.6 is 0 Å². The minimum atomic E-state index is -0.0689. The zero-order valence-electron chi connectivity index (χ0n) is 14.5. The second-order valence-electron chi connectivity index (χ2n) is 6.70. The Hall–Kier alpha value is -2.05. The van der Waals surface area contributed by atoms with Crippen molar-refractivity contribution in [3.8, 4) is 5.75 Å². The number of ether oxygens (including phenoxy) is 3. The molecule has 0 saturated carbocycles. The summed E-state index contributed by atoms with van der Waals surface area (Å²) in [6.45, 7) is 3.31. The van der Waals surface area contributed by atoms with Gasteiger partial charge in [-0.3, -0.25) is 4.79 Å². The lowest BCUT2D eigenvalue weighted by Gasteiger charge is -2.34. The Kier molecular flexibility index (Phi) is 4.63. The highest BCUT2D eigenvalue weighted by Crippen LogP contribution is 2.26. The standard InChI is InChI=1S/C19H24N2O4/c1-23-16-2-3-17-15(12-16)6-9-21(17)13-18(22)20-7-4-14(5-8-20)19-24-10-11-25-19/h2-3,6,9,12,14,19H,4-5,7-8,10-11,13H2,1H3. The molecule has 3 heterocycles. The van der Waals surface area contributed by atoms with E-state index in [1.807, 2.05) is 39.9 Å². The average Bonchev–Trinajstić information content (AvgIpc) is 3.32. The molecule has 0 unspecified atom stereocenters. The number of carbonyl (C=O) groups excluding carboxylic acids is 1. The normalized spacial score (nSPS) is 19.6. The number of benzene rings is 1. The molecule has 1 amide bonds. The van der Waals surface area contributed by atoms with Crippen molar-refractivity contribution >= 4 is 16.8 Å². The van der Waals surface area contributed by atoms with Crippen molar-refractivity contribution in [3.63, 3.8) is 0 Å². The number of carbonyl (C=O) groups is 1. The van der Waals surface area contributed by atoms with Gasteiger partial charge in [0.25, 0.3) is 0 Å². The lowest BCUT2D eigenvalue weighted by atomic mass is 9.96. The van der Waals surface area contributed by atoms with Gasteiger partial charge in [0.05, 0.1) is 20.3 Å². The summed E-state index contributed by atoms with van der Waals surface area (Å²) < 4.78 is 18.5. The number of piperidine rings is 1. The van der Waals surface area contributed by atoms with Crippen LogP contribution in [0.5, 0.6) is 5.75 Å². The highest BCUT2D eigenvalue weighted by molar-refractivity contribution is 5.84. The maximum atomic E-state index is 12.7. The van der Waals surface area contributed by atoms with E-state index >= 15 is 0 Å². The quantitative estimate of drug-likeness (QED) is 0.854. The molecule has 25 heavy (non-hydrogen) atoms. The number of rotatable bonds is 4. The van der Waals surface area contributed by atoms with E-state index in [0.29, 0.717) is 25.7 Å². The van der Waals surface area contributed by atoms with Crippen molar-refractivity contribution in [1.82, 2.24) is 9.47 Å². The topological polar surface area (TPSA) is 52.9 Å². The van der Waals surface area contributed by atoms with E-state index in [1.54, 1.807) is 7.11 Å². The van der Waals surface area contributed by atoms with E-state index in [0.717, 1.165) is 42.6 Å². The molecule has 0 atom stereocenters. The smallest absolute Gasteiger partial charge is 0.242 e. The molecule has 6 heteroatoms. The molecule has 2 aromatic rings. The van der Waals surface area contributed by atoms with Crippen LogP contribution in [0.25, 0.3) is 10.9 Å². The molecule has 1 aromatic carbocycles. The highest BCUT2D eigenvalue weighted by Gasteiger charge is 2.31. The van der Waals surface area contributed by atoms with E-state index in [1.165, 1.54) is 0 Å². The number of amides is 1. The Morgan fingerprint density at radius 3 is 2.68 bits per heavy atom. The molecule has 4 rings (SSSR count). The van der Waals surface area contributed by atoms with Gasteiger partial charge in [0, 0.05) is 36.1 Å². The van der Waals surface area contributed by atoms with Gasteiger partial charge in [-0.05, 0) is 37.1 Å². The number of aromatic nitrogens is 1. The molecule has 0 N–H and O–H groups in total. The fourth-order valence-corrected chi connectivity index (χ4v) is 3.76. The summed E-state index contributed by atoms with van der Waals surface area (Å²) in [6.07, 6.45) is 3.79. The molecule has 0 radical (unpaired) electrons. The molecule has 2 saturated heterocycles. The fraction of sp³-hybridized carbons (Fsp3) is 0.526. The first-order valence-corrected chi connectivity index (χ1v) is 8.88. The zero-order valence-corrected chi connectivity index (χ0v) is 14.5. The Balaban J connectivity index is 1.37. The Morgan fingerprint density at radius 2 is 1.96 bits per heavy atom. The Labute approximate surface area is 147 Å². The lowest BCUT2D eigenvalue weighted by molar-refractivity contribution is -0.137. The third-order valence-corrected chi connectivity index (χ3v) is 5.21. The fourth-order valence-electron chi connectivity index (χ4n) is 3.76. The Morgan fingerprint density at radius 1 is 1.20 bits per heavy atom. The summed E-state index contributed by atoms with van der Waals surface area (Å²) in [5.74, 6) is 1.40. The van der Waals surface area contributed by atoms with Crippen molar-refractivity contribution < 1.29 is 19.0 Å². The molecule has 0 bridgehead atoms. The van der Waals surface area contributed by atoms with Crippen LogP contribution in [0.1, 0.15) is 12.8 Å². The third-order valence-electron chi connectivity index (χ3n) is 5.21. The number of likely N-dealkylation sites (tertiary alicyclic amines) is 1. The number of nitrogens with zero attached hydrogens (tertiary/aromatic N) is 2. The van der Waals surface area contributed by atoms with Crippen LogP contribution in [0.4, 0.5) is 0 Å². The third kappa shape index (κ3) is 3.37. The summed E-state index contributed by atoms with van der Waals surface area (Å²) in [6, 6.07) is 7.94. The monoisotopic (exact) mass is 344 g/mol. The van der Waals surface area contributed by atoms with Gasteiger partial charge in [0.2, 0.25) is 5.91 Å². The van der Waals surface area contributed by atoms with E-state index in [2.05, 4.69) is 0 Å². The summed E-state index contributed by atoms with van der Waals surface area (Å²) in [7, 11) is 1.66. The van der Waals surface area contributed by atoms with Gasteiger partial charge in [-0.2, -0.15) is 0 Å². The Bertz CT molecular complexity index is 743. The van der Waals surface area contributed by atoms with Crippen LogP contribution in [0.15, 0.2) is 30.5 Å². The minimum Gasteiger partial charge on any atom is -0.497 e. The predicted octanol–water partition coefficient (Wildman–Crippen LogP) is 2.26. The van der Waals surface area contributed by atoms with Gasteiger partial charge in [-0.15, -0.1) is 0 Å². The van der Waals surface area contributed by atoms with Crippen molar-refractivity contribution in [2.24, 2.45) is 5.92 Å². The van der Waals surface area contributed by atoms with Crippen molar-refractivity contribution in [2.45, 2.75) is 25.7 Å². The number of methoxy groups -OCH3 is 1. The van der Waals surface area contributed by atoms with Crippen molar-refractivity contribution in [1.29, 1.82) is 0 Å². The van der Waals surface area contributed by atoms with Gasteiger partial charge in [0.1, 0.15) is 12.3 Å². The SMILES string of the molecule is COc1ccc2c(ccn2CC(=O)N2CCC(C3OCCO3)CC2)c1. The van der Waals surface area contributed by atoms with Crippen LogP contribution in [0.2, 0.25) is 0 Å². The van der Waals surface area contributed by atoms with Crippen molar-refractivity contribution in [2.75, 3.05) is 33.4 Å². The molecule has 0 spiro atoms. The zero-order chi connectivity index (χ0) is 17.2. The second kappa shape index (κ2) is 7.06. The molecule has 2 aliphatic heterocycles. The summed E-state index contributed by atoms with van der Waals surface area (Å²) in [5.41, 5.74) is 1.05. The van der Waals surface area contributed by atoms with E-state index in [9.17, 15) is 4.79 Å². The first kappa shape index (κ1) is 16.4. The van der Waals surface area contributed by atoms with E-state index in [-0.39, 0.29) is 12.2 Å². The van der Waals surface area contributed by atoms with Crippen LogP contribution in [0, 0.1) is 5.92 Å². The first-order valence-electron chi connectivity index (χ1n) is 8.88. The van der Waals surface area contributed by atoms with Crippen LogP contribution in [-0.2, 0) is 20.8 Å². The first-order chi connectivity index (χ1) is 12.2. The summed E-state index contributed by atoms with van der Waals surface area (Å²) in [4.78, 5) is 14.6. The maximum absolute atomic E-state index is 12.7. The van der Waals surface area contributed by atoms with Crippen LogP contribution in [-0.4, -0.2) is 55.1 Å². The van der Waals surface area contributed by atoms with Crippen LogP contribution < -0.4 is 4.74 Å². The molecular formula is C19H24N2O4. The van der Waals surface area contributed by atoms with Gasteiger partial charge in [-0.25, -0.2) is 0 Å². The highest BCUT2D eigenvalue weighted by atomic mass is 16.7. The molecule has 2 fully saturated rings. The molecule has 0 aliphatic carbocycles. The second-order valence-corrected chi connectivity index (χ2v) is 6.70. The minimum absolute atomic E-state index is 0.0689.